The third-order valence-electron chi connectivity index (χ3n) is 6.68. The minimum Gasteiger partial charge on any atom is -0.370 e. The molecule has 5 N–H and O–H groups in total. The van der Waals surface area contributed by atoms with E-state index in [2.05, 4.69) is 20.5 Å². The van der Waals surface area contributed by atoms with E-state index in [0.29, 0.717) is 37.1 Å². The van der Waals surface area contributed by atoms with Crippen molar-refractivity contribution in [3.05, 3.63) is 41.8 Å². The number of aromatic nitrogens is 2. The molecule has 176 valence electrons. The lowest BCUT2D eigenvalue weighted by Gasteiger charge is -2.41. The van der Waals surface area contributed by atoms with Gasteiger partial charge in [0, 0.05) is 37.9 Å². The van der Waals surface area contributed by atoms with Gasteiger partial charge in [-0.05, 0) is 43.2 Å². The van der Waals surface area contributed by atoms with Crippen molar-refractivity contribution in [2.24, 2.45) is 17.6 Å². The lowest BCUT2D eigenvalue weighted by atomic mass is 9.75. The molecular formula is C24H32FN7O. The molecule has 1 amide bonds. The monoisotopic (exact) mass is 453 g/mol. The van der Waals surface area contributed by atoms with Gasteiger partial charge in [-0.15, -0.1) is 0 Å². The Labute approximate surface area is 193 Å². The van der Waals surface area contributed by atoms with Gasteiger partial charge in [-0.25, -0.2) is 14.4 Å². The average molecular weight is 454 g/mol. The minimum atomic E-state index is -0.423. The molecule has 0 radical (unpaired) electrons. The third-order valence-corrected chi connectivity index (χ3v) is 6.68. The molecule has 0 bridgehead atoms. The summed E-state index contributed by atoms with van der Waals surface area (Å²) in [6.07, 6.45) is 8.37. The molecule has 2 unspecified atom stereocenters. The van der Waals surface area contributed by atoms with E-state index < -0.39 is 5.82 Å². The summed E-state index contributed by atoms with van der Waals surface area (Å²) in [7, 11) is 0. The number of anilines is 1. The molecule has 2 fully saturated rings. The lowest BCUT2D eigenvalue weighted by Crippen LogP contribution is -2.42. The number of halogens is 1. The summed E-state index contributed by atoms with van der Waals surface area (Å²) in [5.74, 6) is 1.11. The highest BCUT2D eigenvalue weighted by molar-refractivity contribution is 5.99. The van der Waals surface area contributed by atoms with Crippen molar-refractivity contribution < 1.29 is 9.18 Å². The fraction of sp³-hybridized carbons (Fsp3) is 0.500. The number of nitrogens with two attached hydrogens (primary N) is 1. The number of benzene rings is 1. The largest absolute Gasteiger partial charge is 0.370 e. The van der Waals surface area contributed by atoms with E-state index in [1.165, 1.54) is 37.9 Å². The van der Waals surface area contributed by atoms with E-state index in [0.717, 1.165) is 25.4 Å². The number of nitrogens with zero attached hydrogens (tertiary/aromatic N) is 3. The lowest BCUT2D eigenvalue weighted by molar-refractivity contribution is 0.0953. The summed E-state index contributed by atoms with van der Waals surface area (Å²) < 4.78 is 14.7. The van der Waals surface area contributed by atoms with Gasteiger partial charge in [-0.3, -0.25) is 10.2 Å². The molecule has 0 spiro atoms. The van der Waals surface area contributed by atoms with E-state index in [1.807, 2.05) is 0 Å². The van der Waals surface area contributed by atoms with Gasteiger partial charge >= 0.3 is 0 Å². The van der Waals surface area contributed by atoms with Crippen LogP contribution in [-0.4, -0.2) is 48.0 Å². The Balaban J connectivity index is 1.55. The smallest absolute Gasteiger partial charge is 0.255 e. The highest BCUT2D eigenvalue weighted by atomic mass is 19.1. The van der Waals surface area contributed by atoms with Gasteiger partial charge < -0.3 is 21.3 Å². The Morgan fingerprint density at radius 2 is 1.91 bits per heavy atom. The second-order valence-corrected chi connectivity index (χ2v) is 8.90. The van der Waals surface area contributed by atoms with Crippen LogP contribution in [0.3, 0.4) is 0 Å². The minimum absolute atomic E-state index is 0.107. The zero-order valence-corrected chi connectivity index (χ0v) is 18.8. The second kappa shape index (κ2) is 10.6. The maximum Gasteiger partial charge on any atom is 0.255 e. The third kappa shape index (κ3) is 5.58. The van der Waals surface area contributed by atoms with E-state index in [1.54, 1.807) is 18.2 Å². The number of carbonyl (C=O) groups excluding carboxylic acids is 1. The van der Waals surface area contributed by atoms with Crippen LogP contribution in [-0.2, 0) is 0 Å². The average Bonchev–Trinajstić information content (AvgIpc) is 2.83. The van der Waals surface area contributed by atoms with E-state index in [-0.39, 0.29) is 23.0 Å². The van der Waals surface area contributed by atoms with Gasteiger partial charge in [-0.1, -0.05) is 31.4 Å². The van der Waals surface area contributed by atoms with Gasteiger partial charge in [0.15, 0.2) is 5.96 Å². The van der Waals surface area contributed by atoms with Crippen LogP contribution in [0.15, 0.2) is 30.5 Å². The van der Waals surface area contributed by atoms with Crippen molar-refractivity contribution in [3.8, 4) is 11.3 Å². The highest BCUT2D eigenvalue weighted by Gasteiger charge is 2.32. The molecule has 2 aliphatic rings. The number of fused-ring (bicyclic) bond motifs is 1. The standard InChI is InChI=1S/C24H32FN7O/c25-20-9-4-3-8-18(20)21-19(22(33)28-11-5-12-29-23(26)27)14-30-24(31-21)32-13-10-16-6-1-2-7-17(16)15-32/h3-4,8-9,14,16-17H,1-2,5-7,10-13,15H2,(H,28,33)(H4,26,27,29). The molecule has 1 saturated carbocycles. The summed E-state index contributed by atoms with van der Waals surface area (Å²) in [6.45, 7) is 2.65. The molecule has 2 heterocycles. The van der Waals surface area contributed by atoms with Gasteiger partial charge in [0.05, 0.1) is 11.3 Å². The Bertz CT molecular complexity index is 999. The molecule has 8 nitrogen and oxygen atoms in total. The van der Waals surface area contributed by atoms with Gasteiger partial charge in [0.25, 0.3) is 5.91 Å². The van der Waals surface area contributed by atoms with Crippen LogP contribution in [0.5, 0.6) is 0 Å². The van der Waals surface area contributed by atoms with E-state index in [4.69, 9.17) is 16.1 Å². The second-order valence-electron chi connectivity index (χ2n) is 8.90. The number of amides is 1. The highest BCUT2D eigenvalue weighted by Crippen LogP contribution is 2.37. The predicted molar refractivity (Wildman–Crippen MR) is 127 cm³/mol. The van der Waals surface area contributed by atoms with Crippen LogP contribution in [0.25, 0.3) is 11.3 Å². The normalized spacial score (nSPS) is 20.1. The van der Waals surface area contributed by atoms with Crippen LogP contribution in [0.4, 0.5) is 10.3 Å². The molecule has 4 rings (SSSR count). The molecule has 1 aromatic heterocycles. The van der Waals surface area contributed by atoms with Crippen molar-refractivity contribution in [2.75, 3.05) is 31.1 Å². The summed E-state index contributed by atoms with van der Waals surface area (Å²) in [4.78, 5) is 24.3. The predicted octanol–water partition coefficient (Wildman–Crippen LogP) is 2.90. The van der Waals surface area contributed by atoms with Crippen molar-refractivity contribution >= 4 is 17.8 Å². The SMILES string of the molecule is N=C(N)NCCCNC(=O)c1cnc(N2CCC3CCCCC3C2)nc1-c1ccccc1F. The number of rotatable bonds is 7. The fourth-order valence-corrected chi connectivity index (χ4v) is 4.94. The Kier molecular flexibility index (Phi) is 7.36. The van der Waals surface area contributed by atoms with Crippen LogP contribution >= 0.6 is 0 Å². The van der Waals surface area contributed by atoms with Crippen LogP contribution in [0.2, 0.25) is 0 Å². The maximum absolute atomic E-state index is 14.7. The zero-order chi connectivity index (χ0) is 23.2. The molecule has 1 aliphatic carbocycles. The molecule has 2 aromatic rings. The maximum atomic E-state index is 14.7. The summed E-state index contributed by atoms with van der Waals surface area (Å²) >= 11 is 0. The first-order valence-electron chi connectivity index (χ1n) is 11.8. The van der Waals surface area contributed by atoms with Crippen molar-refractivity contribution in [3.63, 3.8) is 0 Å². The number of guanidine groups is 1. The summed E-state index contributed by atoms with van der Waals surface area (Å²) in [5, 5.41) is 12.7. The Morgan fingerprint density at radius 1 is 1.15 bits per heavy atom. The number of nitrogens with one attached hydrogen (secondary N) is 3. The molecule has 2 atom stereocenters. The Morgan fingerprint density at radius 3 is 2.70 bits per heavy atom. The quantitative estimate of drug-likeness (QED) is 0.291. The summed E-state index contributed by atoms with van der Waals surface area (Å²) in [5.41, 5.74) is 6.11. The molecular weight excluding hydrogens is 421 g/mol. The van der Waals surface area contributed by atoms with Crippen molar-refractivity contribution in [1.29, 1.82) is 5.41 Å². The number of piperidine rings is 1. The first-order chi connectivity index (χ1) is 16.0. The van der Waals surface area contributed by atoms with Gasteiger partial charge in [0.1, 0.15) is 5.82 Å². The van der Waals surface area contributed by atoms with Crippen LogP contribution < -0.4 is 21.3 Å². The molecule has 1 aromatic carbocycles. The molecule has 1 saturated heterocycles. The molecule has 1 aliphatic heterocycles. The van der Waals surface area contributed by atoms with Gasteiger partial charge in [-0.2, -0.15) is 0 Å². The molecule has 33 heavy (non-hydrogen) atoms. The summed E-state index contributed by atoms with van der Waals surface area (Å²) in [6, 6.07) is 6.38. The number of carbonyl (C=O) groups is 1. The number of hydrogen-bond acceptors (Lipinski definition) is 5. The zero-order valence-electron chi connectivity index (χ0n) is 18.8. The van der Waals surface area contributed by atoms with E-state index in [9.17, 15) is 9.18 Å². The topological polar surface area (TPSA) is 120 Å². The first kappa shape index (κ1) is 22.9. The van der Waals surface area contributed by atoms with Crippen molar-refractivity contribution in [1.82, 2.24) is 20.6 Å². The van der Waals surface area contributed by atoms with Crippen LogP contribution in [0, 0.1) is 23.1 Å². The number of hydrogen-bond donors (Lipinski definition) is 4. The van der Waals surface area contributed by atoms with Crippen LogP contribution in [0.1, 0.15) is 48.9 Å². The Hall–Kier alpha value is -3.23. The first-order valence-corrected chi connectivity index (χ1v) is 11.8. The molecule has 9 heteroatoms. The van der Waals surface area contributed by atoms with Crippen molar-refractivity contribution in [2.45, 2.75) is 38.5 Å². The van der Waals surface area contributed by atoms with Gasteiger partial charge in [0.2, 0.25) is 5.95 Å². The fourth-order valence-electron chi connectivity index (χ4n) is 4.94. The van der Waals surface area contributed by atoms with E-state index >= 15 is 0 Å².